The van der Waals surface area contributed by atoms with Crippen LogP contribution in [0.15, 0.2) is 97.1 Å². The molecule has 170 valence electrons. The minimum Gasteiger partial charge on any atom is -0.465 e. The maximum atomic E-state index is 13.3. The summed E-state index contributed by atoms with van der Waals surface area (Å²) in [5.74, 6) is -0.701. The Labute approximate surface area is 203 Å². The molecule has 0 unspecified atom stereocenters. The van der Waals surface area contributed by atoms with Crippen LogP contribution in [0.1, 0.15) is 26.3 Å². The van der Waals surface area contributed by atoms with Crippen molar-refractivity contribution in [3.63, 3.8) is 0 Å². The van der Waals surface area contributed by atoms with Crippen molar-refractivity contribution >= 4 is 46.1 Å². The predicted octanol–water partition coefficient (Wildman–Crippen LogP) is 6.87. The van der Waals surface area contributed by atoms with Crippen LogP contribution in [0.25, 0.3) is 0 Å². The van der Waals surface area contributed by atoms with E-state index >= 15 is 0 Å². The van der Waals surface area contributed by atoms with E-state index in [1.54, 1.807) is 30.3 Å². The first-order valence-electron chi connectivity index (χ1n) is 10.6. The number of nitrogens with one attached hydrogen (secondary N) is 1. The van der Waals surface area contributed by atoms with Gasteiger partial charge in [-0.25, -0.2) is 4.79 Å². The zero-order valence-electron chi connectivity index (χ0n) is 18.8. The van der Waals surface area contributed by atoms with Crippen molar-refractivity contribution in [2.75, 3.05) is 24.4 Å². The molecule has 0 spiro atoms. The number of halogens is 1. The third-order valence-electron chi connectivity index (χ3n) is 5.41. The van der Waals surface area contributed by atoms with Crippen molar-refractivity contribution in [1.82, 2.24) is 0 Å². The number of carbonyl (C=O) groups excluding carboxylic acids is 2. The minimum absolute atomic E-state index is 0.192. The first-order chi connectivity index (χ1) is 16.4. The molecule has 1 N–H and O–H groups in total. The van der Waals surface area contributed by atoms with Crippen molar-refractivity contribution in [2.45, 2.75) is 0 Å². The number of hydrogen-bond acceptors (Lipinski definition) is 5. The van der Waals surface area contributed by atoms with E-state index in [0.717, 1.165) is 17.1 Å². The van der Waals surface area contributed by atoms with Crippen LogP contribution in [-0.4, -0.2) is 25.9 Å². The number of benzene rings is 4. The van der Waals surface area contributed by atoms with Gasteiger partial charge in [-0.2, -0.15) is 0 Å². The van der Waals surface area contributed by atoms with Crippen LogP contribution in [0.4, 0.5) is 22.7 Å². The molecule has 0 aromatic heterocycles. The standard InChI is InChI=1S/C28H23ClN2O3/c1-31(26-14-10-22(29)11-15-26)25-12-8-19(9-13-25)27(32)20-16-21(28(33)34-2)18-24(17-20)30-23-6-4-3-5-7-23/h3-18,30H,1-2H3. The summed E-state index contributed by atoms with van der Waals surface area (Å²) < 4.78 is 4.88. The third-order valence-corrected chi connectivity index (χ3v) is 5.66. The summed E-state index contributed by atoms with van der Waals surface area (Å²) in [6.45, 7) is 0. The molecule has 0 saturated heterocycles. The van der Waals surface area contributed by atoms with Crippen LogP contribution >= 0.6 is 11.6 Å². The Morgan fingerprint density at radius 2 is 1.32 bits per heavy atom. The van der Waals surface area contributed by atoms with Gasteiger partial charge in [0.25, 0.3) is 0 Å². The highest BCUT2D eigenvalue weighted by molar-refractivity contribution is 6.30. The molecular weight excluding hydrogens is 448 g/mol. The highest BCUT2D eigenvalue weighted by Gasteiger charge is 2.16. The van der Waals surface area contributed by atoms with Gasteiger partial charge >= 0.3 is 5.97 Å². The highest BCUT2D eigenvalue weighted by Crippen LogP contribution is 2.27. The number of para-hydroxylation sites is 1. The number of carbonyl (C=O) groups is 2. The summed E-state index contributed by atoms with van der Waals surface area (Å²) >= 11 is 5.98. The second kappa shape index (κ2) is 10.2. The molecule has 6 heteroatoms. The van der Waals surface area contributed by atoms with Gasteiger partial charge in [0, 0.05) is 45.9 Å². The average Bonchev–Trinajstić information content (AvgIpc) is 2.88. The average molecular weight is 471 g/mol. The molecule has 34 heavy (non-hydrogen) atoms. The third kappa shape index (κ3) is 5.27. The zero-order valence-corrected chi connectivity index (χ0v) is 19.5. The highest BCUT2D eigenvalue weighted by atomic mass is 35.5. The quantitative estimate of drug-likeness (QED) is 0.236. The Bertz CT molecular complexity index is 1300. The fourth-order valence-corrected chi connectivity index (χ4v) is 3.70. The molecule has 4 rings (SSSR count). The lowest BCUT2D eigenvalue weighted by molar-refractivity contribution is 0.0600. The number of methoxy groups -OCH3 is 1. The lowest BCUT2D eigenvalue weighted by Crippen LogP contribution is -2.10. The number of nitrogens with zero attached hydrogens (tertiary/aromatic N) is 1. The summed E-state index contributed by atoms with van der Waals surface area (Å²) in [6.07, 6.45) is 0. The van der Waals surface area contributed by atoms with Crippen molar-refractivity contribution in [3.05, 3.63) is 119 Å². The zero-order chi connectivity index (χ0) is 24.1. The van der Waals surface area contributed by atoms with Gasteiger partial charge in [-0.15, -0.1) is 0 Å². The molecule has 0 aliphatic heterocycles. The summed E-state index contributed by atoms with van der Waals surface area (Å²) in [4.78, 5) is 27.5. The largest absolute Gasteiger partial charge is 0.465 e. The van der Waals surface area contributed by atoms with Gasteiger partial charge in [0.05, 0.1) is 12.7 Å². The van der Waals surface area contributed by atoms with Gasteiger partial charge < -0.3 is 15.0 Å². The van der Waals surface area contributed by atoms with E-state index < -0.39 is 5.97 Å². The normalized spacial score (nSPS) is 10.4. The topological polar surface area (TPSA) is 58.6 Å². The molecule has 5 nitrogen and oxygen atoms in total. The van der Waals surface area contributed by atoms with E-state index in [1.807, 2.05) is 78.7 Å². The number of ether oxygens (including phenoxy) is 1. The van der Waals surface area contributed by atoms with E-state index in [2.05, 4.69) is 5.32 Å². The maximum absolute atomic E-state index is 13.3. The molecule has 0 aliphatic rings. The number of anilines is 4. The summed E-state index contributed by atoms with van der Waals surface area (Å²) in [5.41, 5.74) is 4.57. The second-order valence-electron chi connectivity index (χ2n) is 7.69. The molecule has 0 aliphatic carbocycles. The fourth-order valence-electron chi connectivity index (χ4n) is 3.57. The molecule has 0 saturated carbocycles. The monoisotopic (exact) mass is 470 g/mol. The van der Waals surface area contributed by atoms with Crippen molar-refractivity contribution in [3.8, 4) is 0 Å². The van der Waals surface area contributed by atoms with Crippen molar-refractivity contribution < 1.29 is 14.3 Å². The Morgan fingerprint density at radius 1 is 0.735 bits per heavy atom. The Balaban J connectivity index is 1.61. The number of ketones is 1. The molecule has 0 amide bonds. The summed E-state index contributed by atoms with van der Waals surface area (Å²) in [7, 11) is 3.26. The van der Waals surface area contributed by atoms with Crippen LogP contribution in [0, 0.1) is 0 Å². The molecule has 0 bridgehead atoms. The molecule has 0 fully saturated rings. The Kier molecular flexibility index (Phi) is 6.95. The van der Waals surface area contributed by atoms with E-state index in [-0.39, 0.29) is 5.78 Å². The van der Waals surface area contributed by atoms with Crippen molar-refractivity contribution in [2.24, 2.45) is 0 Å². The van der Waals surface area contributed by atoms with E-state index in [1.165, 1.54) is 7.11 Å². The van der Waals surface area contributed by atoms with Crippen LogP contribution in [0.5, 0.6) is 0 Å². The number of hydrogen-bond donors (Lipinski definition) is 1. The first kappa shape index (κ1) is 23.1. The minimum atomic E-state index is -0.509. The smallest absolute Gasteiger partial charge is 0.337 e. The van der Waals surface area contributed by atoms with Crippen LogP contribution < -0.4 is 10.2 Å². The lowest BCUT2D eigenvalue weighted by Gasteiger charge is -2.20. The summed E-state index contributed by atoms with van der Waals surface area (Å²) in [5, 5.41) is 3.91. The van der Waals surface area contributed by atoms with Gasteiger partial charge in [0.1, 0.15) is 0 Å². The number of esters is 1. The van der Waals surface area contributed by atoms with Gasteiger partial charge in [0.15, 0.2) is 5.78 Å². The molecule has 4 aromatic carbocycles. The molecule has 0 heterocycles. The Hall–Kier alpha value is -4.09. The SMILES string of the molecule is COC(=O)c1cc(Nc2ccccc2)cc(C(=O)c2ccc(N(C)c3ccc(Cl)cc3)cc2)c1. The van der Waals surface area contributed by atoms with E-state index in [0.29, 0.717) is 27.4 Å². The lowest BCUT2D eigenvalue weighted by atomic mass is 10.00. The van der Waals surface area contributed by atoms with Gasteiger partial charge in [-0.05, 0) is 78.9 Å². The first-order valence-corrected chi connectivity index (χ1v) is 11.0. The molecule has 4 aromatic rings. The molecular formula is C28H23ClN2O3. The van der Waals surface area contributed by atoms with Gasteiger partial charge in [-0.1, -0.05) is 29.8 Å². The van der Waals surface area contributed by atoms with Crippen molar-refractivity contribution in [1.29, 1.82) is 0 Å². The predicted molar refractivity (Wildman–Crippen MR) is 137 cm³/mol. The summed E-state index contributed by atoms with van der Waals surface area (Å²) in [6, 6.07) is 29.3. The maximum Gasteiger partial charge on any atom is 0.337 e. The Morgan fingerprint density at radius 3 is 1.94 bits per heavy atom. The van der Waals surface area contributed by atoms with Crippen LogP contribution in [0.3, 0.4) is 0 Å². The van der Waals surface area contributed by atoms with E-state index in [4.69, 9.17) is 16.3 Å². The molecule has 0 atom stereocenters. The molecule has 0 radical (unpaired) electrons. The van der Waals surface area contributed by atoms with Crippen LogP contribution in [-0.2, 0) is 4.74 Å². The van der Waals surface area contributed by atoms with E-state index in [9.17, 15) is 9.59 Å². The second-order valence-corrected chi connectivity index (χ2v) is 8.13. The number of rotatable bonds is 7. The van der Waals surface area contributed by atoms with Gasteiger partial charge in [-0.3, -0.25) is 4.79 Å². The van der Waals surface area contributed by atoms with Crippen LogP contribution in [0.2, 0.25) is 5.02 Å². The van der Waals surface area contributed by atoms with Gasteiger partial charge in [0.2, 0.25) is 0 Å². The fraction of sp³-hybridized carbons (Fsp3) is 0.0714.